The van der Waals surface area contributed by atoms with E-state index in [9.17, 15) is 14.0 Å². The number of carbonyl (C=O) groups excluding carboxylic acids is 2. The summed E-state index contributed by atoms with van der Waals surface area (Å²) in [7, 11) is 0. The molecule has 0 saturated carbocycles. The third-order valence-corrected chi connectivity index (χ3v) is 6.29. The van der Waals surface area contributed by atoms with Gasteiger partial charge in [-0.2, -0.15) is 0 Å². The van der Waals surface area contributed by atoms with Crippen LogP contribution in [0.1, 0.15) is 45.5 Å². The number of aromatic amines is 1. The second-order valence-corrected chi connectivity index (χ2v) is 8.46. The fraction of sp³-hybridized carbons (Fsp3) is 0.360. The summed E-state index contributed by atoms with van der Waals surface area (Å²) in [6.45, 7) is 3.17. The molecule has 7 heteroatoms. The van der Waals surface area contributed by atoms with E-state index in [1.165, 1.54) is 6.07 Å². The van der Waals surface area contributed by atoms with Crippen LogP contribution in [-0.2, 0) is 6.42 Å². The van der Waals surface area contributed by atoms with Crippen LogP contribution in [0.15, 0.2) is 48.7 Å². The van der Waals surface area contributed by atoms with Crippen LogP contribution in [0.4, 0.5) is 4.39 Å². The number of amides is 2. The summed E-state index contributed by atoms with van der Waals surface area (Å²) < 4.78 is 13.5. The van der Waals surface area contributed by atoms with Crippen LogP contribution in [-0.4, -0.2) is 47.9 Å². The lowest BCUT2D eigenvalue weighted by Gasteiger charge is -2.32. The molecule has 2 aromatic carbocycles. The van der Waals surface area contributed by atoms with E-state index in [0.29, 0.717) is 24.6 Å². The number of nitrogens with one attached hydrogen (secondary N) is 2. The molecule has 168 valence electrons. The van der Waals surface area contributed by atoms with Crippen LogP contribution in [0.2, 0.25) is 0 Å². The molecule has 2 amide bonds. The van der Waals surface area contributed by atoms with Gasteiger partial charge in [-0.3, -0.25) is 9.59 Å². The van der Waals surface area contributed by atoms with Crippen LogP contribution < -0.4 is 11.1 Å². The van der Waals surface area contributed by atoms with E-state index in [0.717, 1.165) is 55.2 Å². The number of aromatic nitrogens is 1. The highest BCUT2D eigenvalue weighted by Crippen LogP contribution is 2.22. The average Bonchev–Trinajstić information content (AvgIpc) is 3.20. The molecule has 1 fully saturated rings. The quantitative estimate of drug-likeness (QED) is 0.472. The van der Waals surface area contributed by atoms with Crippen molar-refractivity contribution < 1.29 is 14.0 Å². The van der Waals surface area contributed by atoms with Crippen molar-refractivity contribution in [3.05, 3.63) is 71.2 Å². The number of carbonyl (C=O) groups is 2. The highest BCUT2D eigenvalue weighted by atomic mass is 19.1. The molecule has 0 aliphatic carbocycles. The van der Waals surface area contributed by atoms with Crippen molar-refractivity contribution in [3.8, 4) is 0 Å². The first kappa shape index (κ1) is 22.0. The maximum atomic E-state index is 13.5. The van der Waals surface area contributed by atoms with Gasteiger partial charge in [-0.1, -0.05) is 12.1 Å². The molecule has 0 atom stereocenters. The Morgan fingerprint density at radius 1 is 1.12 bits per heavy atom. The van der Waals surface area contributed by atoms with Gasteiger partial charge in [0.05, 0.1) is 11.1 Å². The standard InChI is InChI=1S/C25H29FN4O2/c26-19-7-8-23-22(14-19)18(16-29-23)4-3-11-28-15-17-9-12-30(13-10-17)25(32)21-6-2-1-5-20(21)24(27)31/h1-2,5-8,14,16-17,28-29H,3-4,9-13,15H2,(H2,27,31). The Bertz CT molecular complexity index is 1100. The number of likely N-dealkylation sites (tertiary alicyclic amines) is 1. The molecule has 0 radical (unpaired) electrons. The van der Waals surface area contributed by atoms with E-state index >= 15 is 0 Å². The fourth-order valence-corrected chi connectivity index (χ4v) is 4.46. The normalized spacial score (nSPS) is 14.7. The van der Waals surface area contributed by atoms with Crippen molar-refractivity contribution >= 4 is 22.7 Å². The smallest absolute Gasteiger partial charge is 0.254 e. The van der Waals surface area contributed by atoms with Crippen LogP contribution >= 0.6 is 0 Å². The summed E-state index contributed by atoms with van der Waals surface area (Å²) in [4.78, 5) is 29.5. The second kappa shape index (κ2) is 9.96. The van der Waals surface area contributed by atoms with E-state index in [2.05, 4.69) is 10.3 Å². The van der Waals surface area contributed by atoms with Crippen molar-refractivity contribution in [2.24, 2.45) is 11.7 Å². The third-order valence-electron chi connectivity index (χ3n) is 6.29. The number of halogens is 1. The predicted octanol–water partition coefficient (Wildman–Crippen LogP) is 3.48. The minimum absolute atomic E-state index is 0.124. The maximum Gasteiger partial charge on any atom is 0.254 e. The summed E-state index contributed by atoms with van der Waals surface area (Å²) in [5.74, 6) is -0.390. The second-order valence-electron chi connectivity index (χ2n) is 8.46. The number of aryl methyl sites for hydroxylation is 1. The van der Waals surface area contributed by atoms with E-state index in [-0.39, 0.29) is 17.3 Å². The highest BCUT2D eigenvalue weighted by molar-refractivity contribution is 6.06. The van der Waals surface area contributed by atoms with Crippen molar-refractivity contribution in [2.75, 3.05) is 26.2 Å². The third kappa shape index (κ3) is 4.99. The minimum Gasteiger partial charge on any atom is -0.366 e. The largest absolute Gasteiger partial charge is 0.366 e. The van der Waals surface area contributed by atoms with Gasteiger partial charge in [0.1, 0.15) is 5.82 Å². The first-order valence-electron chi connectivity index (χ1n) is 11.2. The Hall–Kier alpha value is -3.19. The number of H-pyrrole nitrogens is 1. The van der Waals surface area contributed by atoms with Gasteiger partial charge in [0, 0.05) is 30.2 Å². The van der Waals surface area contributed by atoms with Crippen LogP contribution in [0.25, 0.3) is 10.9 Å². The summed E-state index contributed by atoms with van der Waals surface area (Å²) in [5.41, 5.74) is 8.18. The molecule has 1 aromatic heterocycles. The lowest BCUT2D eigenvalue weighted by Crippen LogP contribution is -2.41. The number of nitrogens with two attached hydrogens (primary N) is 1. The zero-order valence-electron chi connectivity index (χ0n) is 18.1. The Labute approximate surface area is 187 Å². The monoisotopic (exact) mass is 436 g/mol. The zero-order valence-corrected chi connectivity index (χ0v) is 18.1. The van der Waals surface area contributed by atoms with Gasteiger partial charge in [-0.15, -0.1) is 0 Å². The first-order chi connectivity index (χ1) is 15.5. The lowest BCUT2D eigenvalue weighted by atomic mass is 9.95. The number of piperidine rings is 1. The van der Waals surface area contributed by atoms with Crippen molar-refractivity contribution in [1.82, 2.24) is 15.2 Å². The van der Waals surface area contributed by atoms with Crippen molar-refractivity contribution in [1.29, 1.82) is 0 Å². The molecule has 6 nitrogen and oxygen atoms in total. The van der Waals surface area contributed by atoms with Gasteiger partial charge < -0.3 is 20.9 Å². The van der Waals surface area contributed by atoms with Gasteiger partial charge in [-0.25, -0.2) is 4.39 Å². The fourth-order valence-electron chi connectivity index (χ4n) is 4.46. The number of hydrogen-bond acceptors (Lipinski definition) is 3. The van der Waals surface area contributed by atoms with E-state index in [4.69, 9.17) is 5.73 Å². The molecule has 0 bridgehead atoms. The Balaban J connectivity index is 1.19. The SMILES string of the molecule is NC(=O)c1ccccc1C(=O)N1CCC(CNCCCc2c[nH]c3ccc(F)cc23)CC1. The minimum atomic E-state index is -0.578. The summed E-state index contributed by atoms with van der Waals surface area (Å²) in [5, 5.41) is 4.49. The van der Waals surface area contributed by atoms with E-state index in [1.54, 1.807) is 36.4 Å². The summed E-state index contributed by atoms with van der Waals surface area (Å²) >= 11 is 0. The van der Waals surface area contributed by atoms with Crippen LogP contribution in [0.5, 0.6) is 0 Å². The zero-order chi connectivity index (χ0) is 22.5. The Morgan fingerprint density at radius 2 is 1.88 bits per heavy atom. The molecule has 32 heavy (non-hydrogen) atoms. The summed E-state index contributed by atoms with van der Waals surface area (Å²) in [6.07, 6.45) is 5.69. The Kier molecular flexibility index (Phi) is 6.85. The van der Waals surface area contributed by atoms with Crippen LogP contribution in [0.3, 0.4) is 0 Å². The van der Waals surface area contributed by atoms with Gasteiger partial charge in [0.15, 0.2) is 0 Å². The lowest BCUT2D eigenvalue weighted by molar-refractivity contribution is 0.0686. The number of benzene rings is 2. The van der Waals surface area contributed by atoms with Crippen molar-refractivity contribution in [3.63, 3.8) is 0 Å². The molecule has 4 rings (SSSR count). The highest BCUT2D eigenvalue weighted by Gasteiger charge is 2.25. The molecule has 0 unspecified atom stereocenters. The van der Waals surface area contributed by atoms with Gasteiger partial charge in [0.2, 0.25) is 5.91 Å². The maximum absolute atomic E-state index is 13.5. The number of nitrogens with zero attached hydrogens (tertiary/aromatic N) is 1. The molecule has 3 aromatic rings. The molecule has 1 aliphatic heterocycles. The molecule has 2 heterocycles. The molecular weight excluding hydrogens is 407 g/mol. The Morgan fingerprint density at radius 3 is 2.62 bits per heavy atom. The van der Waals surface area contributed by atoms with Gasteiger partial charge in [0.25, 0.3) is 5.91 Å². The molecule has 1 saturated heterocycles. The topological polar surface area (TPSA) is 91.2 Å². The van der Waals surface area contributed by atoms with Gasteiger partial charge in [-0.05, 0) is 80.6 Å². The first-order valence-corrected chi connectivity index (χ1v) is 11.2. The van der Waals surface area contributed by atoms with E-state index < -0.39 is 5.91 Å². The van der Waals surface area contributed by atoms with Gasteiger partial charge >= 0.3 is 0 Å². The molecule has 4 N–H and O–H groups in total. The molecule has 1 aliphatic rings. The summed E-state index contributed by atoms with van der Waals surface area (Å²) in [6, 6.07) is 11.6. The average molecular weight is 437 g/mol. The number of primary amides is 1. The molecule has 0 spiro atoms. The number of fused-ring (bicyclic) bond motifs is 1. The van der Waals surface area contributed by atoms with Crippen molar-refractivity contribution in [2.45, 2.75) is 25.7 Å². The van der Waals surface area contributed by atoms with E-state index in [1.807, 2.05) is 11.1 Å². The molecular formula is C25H29FN4O2. The number of rotatable bonds is 8. The predicted molar refractivity (Wildman–Crippen MR) is 123 cm³/mol. The number of hydrogen-bond donors (Lipinski definition) is 3. The van der Waals surface area contributed by atoms with Crippen LogP contribution in [0, 0.1) is 11.7 Å².